The average molecular weight is 472 g/mol. The van der Waals surface area contributed by atoms with E-state index < -0.39 is 21.3 Å². The van der Waals surface area contributed by atoms with Gasteiger partial charge < -0.3 is 15.7 Å². The number of anilines is 1. The van der Waals surface area contributed by atoms with E-state index in [4.69, 9.17) is 0 Å². The molecule has 2 amide bonds. The number of amides is 2. The van der Waals surface area contributed by atoms with Crippen molar-refractivity contribution in [1.82, 2.24) is 20.1 Å². The van der Waals surface area contributed by atoms with Crippen molar-refractivity contribution in [3.8, 4) is 17.0 Å². The van der Waals surface area contributed by atoms with Crippen molar-refractivity contribution in [3.63, 3.8) is 0 Å². The summed E-state index contributed by atoms with van der Waals surface area (Å²) in [5.41, 5.74) is 2.09. The fourth-order valence-corrected chi connectivity index (χ4v) is 6.05. The summed E-state index contributed by atoms with van der Waals surface area (Å²) >= 11 is 0. The fourth-order valence-electron chi connectivity index (χ4n) is 4.05. The molecule has 2 aromatic heterocycles. The first-order chi connectivity index (χ1) is 15.4. The van der Waals surface area contributed by atoms with Crippen LogP contribution in [0.4, 0.5) is 5.69 Å². The smallest absolute Gasteiger partial charge is 0.253 e. The minimum Gasteiger partial charge on any atom is -0.506 e. The Kier molecular flexibility index (Phi) is 5.39. The molecule has 4 rings (SSSR count). The predicted molar refractivity (Wildman–Crippen MR) is 124 cm³/mol. The zero-order valence-electron chi connectivity index (χ0n) is 18.7. The first-order valence-corrected chi connectivity index (χ1v) is 12.2. The Bertz CT molecular complexity index is 1380. The Morgan fingerprint density at radius 1 is 1.21 bits per heavy atom. The third kappa shape index (κ3) is 4.40. The summed E-state index contributed by atoms with van der Waals surface area (Å²) < 4.78 is 24.8. The second-order valence-corrected chi connectivity index (χ2v) is 11.0. The Labute approximate surface area is 190 Å². The lowest BCUT2D eigenvalue weighted by Crippen LogP contribution is -2.63. The van der Waals surface area contributed by atoms with Crippen LogP contribution in [-0.4, -0.2) is 57.1 Å². The minimum absolute atomic E-state index is 0.0390. The van der Waals surface area contributed by atoms with Gasteiger partial charge >= 0.3 is 0 Å². The van der Waals surface area contributed by atoms with E-state index in [2.05, 4.69) is 20.7 Å². The number of pyridine rings is 1. The van der Waals surface area contributed by atoms with Crippen LogP contribution in [0.25, 0.3) is 22.3 Å². The van der Waals surface area contributed by atoms with Gasteiger partial charge in [-0.1, -0.05) is 6.07 Å². The molecule has 11 heteroatoms. The second-order valence-electron chi connectivity index (χ2n) is 8.94. The highest BCUT2D eigenvalue weighted by Gasteiger charge is 2.45. The molecule has 0 radical (unpaired) electrons. The lowest BCUT2D eigenvalue weighted by atomic mass is 10.1. The maximum absolute atomic E-state index is 12.8. The average Bonchev–Trinajstić information content (AvgIpc) is 3.06. The van der Waals surface area contributed by atoms with Crippen LogP contribution in [0.5, 0.6) is 5.75 Å². The number of aromatic hydroxyl groups is 1. The van der Waals surface area contributed by atoms with Gasteiger partial charge in [-0.25, -0.2) is 8.42 Å². The molecule has 3 N–H and O–H groups in total. The van der Waals surface area contributed by atoms with Gasteiger partial charge in [-0.15, -0.1) is 0 Å². The highest BCUT2D eigenvalue weighted by Crippen LogP contribution is 2.34. The van der Waals surface area contributed by atoms with Crippen molar-refractivity contribution in [1.29, 1.82) is 0 Å². The van der Waals surface area contributed by atoms with E-state index in [0.717, 1.165) is 0 Å². The highest BCUT2D eigenvalue weighted by molar-refractivity contribution is 7.93. The minimum atomic E-state index is -3.10. The molecule has 0 saturated carbocycles. The summed E-state index contributed by atoms with van der Waals surface area (Å²) in [5, 5.41) is 20.3. The number of hydrogen-bond acceptors (Lipinski definition) is 7. The Morgan fingerprint density at radius 2 is 1.91 bits per heavy atom. The zero-order valence-corrected chi connectivity index (χ0v) is 19.5. The first-order valence-electron chi connectivity index (χ1n) is 10.4. The van der Waals surface area contributed by atoms with Crippen LogP contribution in [0.3, 0.4) is 0 Å². The number of nitrogens with zero attached hydrogens (tertiary/aromatic N) is 3. The van der Waals surface area contributed by atoms with Crippen molar-refractivity contribution in [2.45, 2.75) is 39.3 Å². The van der Waals surface area contributed by atoms with Crippen LogP contribution in [0.2, 0.25) is 0 Å². The standard InChI is InChI=1S/C22H25N5O5S/c1-12(2)27-17-7-15(21(30)25-22(4)10-33(31,32)11-22)9-23-20(17)19(26-27)14-5-6-16(18(29)8-14)24-13(3)28/h5-9,12,29H,10-11H2,1-4H3,(H,24,28)(H,25,30). The number of benzene rings is 1. The van der Waals surface area contributed by atoms with Crippen molar-refractivity contribution in [2.75, 3.05) is 16.8 Å². The quantitative estimate of drug-likeness (QED) is 0.484. The number of carbonyl (C=O) groups is 2. The van der Waals surface area contributed by atoms with E-state index in [1.807, 2.05) is 13.8 Å². The molecule has 1 saturated heterocycles. The molecular weight excluding hydrogens is 446 g/mol. The van der Waals surface area contributed by atoms with E-state index in [9.17, 15) is 23.1 Å². The summed E-state index contributed by atoms with van der Waals surface area (Å²) in [6, 6.07) is 6.44. The lowest BCUT2D eigenvalue weighted by molar-refractivity contribution is -0.114. The van der Waals surface area contributed by atoms with Crippen LogP contribution < -0.4 is 10.6 Å². The molecule has 1 aromatic carbocycles. The number of phenolic OH excluding ortho intramolecular Hbond substituents is 1. The molecule has 0 spiro atoms. The molecule has 3 heterocycles. The summed E-state index contributed by atoms with van der Waals surface area (Å²) in [6.07, 6.45) is 1.43. The Morgan fingerprint density at radius 3 is 2.48 bits per heavy atom. The predicted octanol–water partition coefficient (Wildman–Crippen LogP) is 2.26. The molecule has 0 aliphatic carbocycles. The molecule has 3 aromatic rings. The van der Waals surface area contributed by atoms with Gasteiger partial charge in [0.05, 0.1) is 33.8 Å². The lowest BCUT2D eigenvalue weighted by Gasteiger charge is -2.38. The number of phenols is 1. The zero-order chi connectivity index (χ0) is 24.1. The number of aromatic nitrogens is 3. The molecule has 174 valence electrons. The topological polar surface area (TPSA) is 143 Å². The van der Waals surface area contributed by atoms with E-state index in [-0.39, 0.29) is 34.9 Å². The van der Waals surface area contributed by atoms with Crippen LogP contribution in [0.1, 0.15) is 44.1 Å². The molecular formula is C22H25N5O5S. The fraction of sp³-hybridized carbons (Fsp3) is 0.364. The van der Waals surface area contributed by atoms with Crippen molar-refractivity contribution >= 4 is 38.4 Å². The van der Waals surface area contributed by atoms with Gasteiger partial charge in [-0.2, -0.15) is 5.10 Å². The van der Waals surface area contributed by atoms with Gasteiger partial charge in [0.1, 0.15) is 17.0 Å². The molecule has 33 heavy (non-hydrogen) atoms. The SMILES string of the molecule is CC(=O)Nc1ccc(-c2nn(C(C)C)c3cc(C(=O)NC4(C)CS(=O)(=O)C4)cnc23)cc1O. The van der Waals surface area contributed by atoms with Crippen LogP contribution in [-0.2, 0) is 14.6 Å². The molecule has 1 fully saturated rings. The number of sulfone groups is 1. The number of fused-ring (bicyclic) bond motifs is 1. The first kappa shape index (κ1) is 22.7. The highest BCUT2D eigenvalue weighted by atomic mass is 32.2. The normalized spacial score (nSPS) is 16.4. The number of rotatable bonds is 5. The van der Waals surface area contributed by atoms with Gasteiger partial charge in [-0.05, 0) is 39.0 Å². The maximum atomic E-state index is 12.8. The summed E-state index contributed by atoms with van der Waals surface area (Å²) in [5.74, 6) is -0.985. The summed E-state index contributed by atoms with van der Waals surface area (Å²) in [4.78, 5) is 28.6. The van der Waals surface area contributed by atoms with E-state index >= 15 is 0 Å². The second kappa shape index (κ2) is 7.84. The van der Waals surface area contributed by atoms with E-state index in [0.29, 0.717) is 27.9 Å². The summed E-state index contributed by atoms with van der Waals surface area (Å²) in [6.45, 7) is 6.94. The van der Waals surface area contributed by atoms with Gasteiger partial charge in [0.15, 0.2) is 9.84 Å². The van der Waals surface area contributed by atoms with Crippen LogP contribution >= 0.6 is 0 Å². The largest absolute Gasteiger partial charge is 0.506 e. The third-order valence-corrected chi connectivity index (χ3v) is 7.53. The molecule has 0 bridgehead atoms. The number of carbonyl (C=O) groups excluding carboxylic acids is 2. The van der Waals surface area contributed by atoms with Crippen molar-refractivity contribution in [2.24, 2.45) is 0 Å². The van der Waals surface area contributed by atoms with Crippen LogP contribution in [0.15, 0.2) is 30.5 Å². The number of hydrogen-bond donors (Lipinski definition) is 3. The Hall–Kier alpha value is -3.47. The molecule has 0 unspecified atom stereocenters. The summed E-state index contributed by atoms with van der Waals surface area (Å²) in [7, 11) is -3.10. The van der Waals surface area contributed by atoms with Gasteiger partial charge in [-0.3, -0.25) is 19.3 Å². The van der Waals surface area contributed by atoms with Crippen molar-refractivity contribution in [3.05, 3.63) is 36.0 Å². The third-order valence-electron chi connectivity index (χ3n) is 5.37. The van der Waals surface area contributed by atoms with Gasteiger partial charge in [0.25, 0.3) is 5.91 Å². The van der Waals surface area contributed by atoms with Gasteiger partial charge in [0.2, 0.25) is 5.91 Å². The molecule has 0 atom stereocenters. The molecule has 1 aliphatic heterocycles. The van der Waals surface area contributed by atoms with Crippen LogP contribution in [0, 0.1) is 0 Å². The number of nitrogens with one attached hydrogen (secondary N) is 2. The van der Waals surface area contributed by atoms with Gasteiger partial charge in [0, 0.05) is 24.7 Å². The molecule has 10 nitrogen and oxygen atoms in total. The monoisotopic (exact) mass is 471 g/mol. The van der Waals surface area contributed by atoms with E-state index in [1.54, 1.807) is 29.8 Å². The molecule has 1 aliphatic rings. The Balaban J connectivity index is 1.71. The van der Waals surface area contributed by atoms with E-state index in [1.165, 1.54) is 19.2 Å². The maximum Gasteiger partial charge on any atom is 0.253 e. The van der Waals surface area contributed by atoms with Crippen molar-refractivity contribution < 1.29 is 23.1 Å².